The van der Waals surface area contributed by atoms with Gasteiger partial charge >= 0.3 is 0 Å². The number of nitrogens with zero attached hydrogens (tertiary/aromatic N) is 2. The second kappa shape index (κ2) is 26.4. The first-order valence-corrected chi connectivity index (χ1v) is 15.4. The highest BCUT2D eigenvalue weighted by Gasteiger charge is 2.02. The average Bonchev–Trinajstić information content (AvgIpc) is 3.04. The summed E-state index contributed by atoms with van der Waals surface area (Å²) in [5.41, 5.74) is 6.75. The van der Waals surface area contributed by atoms with Crippen molar-refractivity contribution in [1.82, 2.24) is 9.97 Å². The Hall–Kier alpha value is -3.48. The summed E-state index contributed by atoms with van der Waals surface area (Å²) in [4.78, 5) is 8.61. The molecule has 0 N–H and O–H groups in total. The molecule has 2 nitrogen and oxygen atoms in total. The lowest BCUT2D eigenvalue weighted by Crippen LogP contribution is -1.92. The van der Waals surface area contributed by atoms with E-state index in [1.165, 1.54) is 28.1 Å². The van der Waals surface area contributed by atoms with Gasteiger partial charge in [-0.25, -0.2) is 4.39 Å². The van der Waals surface area contributed by atoms with Gasteiger partial charge in [0.2, 0.25) is 0 Å². The molecule has 2 aromatic carbocycles. The van der Waals surface area contributed by atoms with Crippen molar-refractivity contribution >= 4 is 28.6 Å². The zero-order valence-corrected chi connectivity index (χ0v) is 28.5. The summed E-state index contributed by atoms with van der Waals surface area (Å²) < 4.78 is 12.8. The number of rotatable bonds is 4. The second-order valence-corrected chi connectivity index (χ2v) is 8.67. The highest BCUT2D eigenvalue weighted by molar-refractivity contribution is 6.31. The Labute approximate surface area is 261 Å². The van der Waals surface area contributed by atoms with Gasteiger partial charge in [-0.3, -0.25) is 9.97 Å². The van der Waals surface area contributed by atoms with Gasteiger partial charge in [-0.2, -0.15) is 0 Å². The van der Waals surface area contributed by atoms with Crippen molar-refractivity contribution in [1.29, 1.82) is 0 Å². The van der Waals surface area contributed by atoms with Crippen LogP contribution in [0.5, 0.6) is 0 Å². The van der Waals surface area contributed by atoms with E-state index in [0.717, 1.165) is 24.1 Å². The van der Waals surface area contributed by atoms with Crippen LogP contribution >= 0.6 is 11.6 Å². The molecule has 0 unspecified atom stereocenters. The van der Waals surface area contributed by atoms with Crippen LogP contribution in [-0.4, -0.2) is 9.97 Å². The molecule has 0 aliphatic heterocycles. The van der Waals surface area contributed by atoms with E-state index in [1.54, 1.807) is 12.1 Å². The molecule has 42 heavy (non-hydrogen) atoms. The second-order valence-electron chi connectivity index (χ2n) is 8.27. The number of halogens is 2. The summed E-state index contributed by atoms with van der Waals surface area (Å²) in [5, 5.41) is 1.75. The smallest absolute Gasteiger partial charge is 0.127 e. The van der Waals surface area contributed by atoms with Gasteiger partial charge in [-0.15, -0.1) is 11.8 Å². The van der Waals surface area contributed by atoms with Crippen molar-refractivity contribution < 1.29 is 4.39 Å². The fourth-order valence-electron chi connectivity index (χ4n) is 3.51. The number of pyridine rings is 2. The first-order chi connectivity index (χ1) is 20.4. The Kier molecular flexibility index (Phi) is 25.6. The molecule has 2 heterocycles. The quantitative estimate of drug-likeness (QED) is 0.221. The van der Waals surface area contributed by atoms with Gasteiger partial charge in [0.25, 0.3) is 0 Å². The van der Waals surface area contributed by atoms with Gasteiger partial charge in [0, 0.05) is 34.1 Å². The Morgan fingerprint density at radius 1 is 0.833 bits per heavy atom. The Bertz CT molecular complexity index is 1320. The lowest BCUT2D eigenvalue weighted by Gasteiger charge is -2.04. The monoisotopic (exact) mass is 590 g/mol. The van der Waals surface area contributed by atoms with E-state index in [-0.39, 0.29) is 5.82 Å². The van der Waals surface area contributed by atoms with Gasteiger partial charge < -0.3 is 0 Å². The summed E-state index contributed by atoms with van der Waals surface area (Å²) in [6.07, 6.45) is 10.8. The molecule has 0 fully saturated rings. The van der Waals surface area contributed by atoms with E-state index in [0.29, 0.717) is 17.0 Å². The number of hydrogen-bond acceptors (Lipinski definition) is 2. The molecule has 0 radical (unpaired) electrons. The van der Waals surface area contributed by atoms with Crippen LogP contribution in [0.4, 0.5) is 4.39 Å². The predicted octanol–water partition coefficient (Wildman–Crippen LogP) is 11.9. The lowest BCUT2D eigenvalue weighted by molar-refractivity contribution is 0.612. The average molecular weight is 591 g/mol. The first kappa shape index (κ1) is 40.7. The van der Waals surface area contributed by atoms with E-state index in [9.17, 15) is 4.39 Å². The van der Waals surface area contributed by atoms with Crippen LogP contribution in [0.25, 0.3) is 17.0 Å². The van der Waals surface area contributed by atoms with Crippen LogP contribution in [-0.2, 0) is 19.3 Å². The number of aromatic nitrogens is 2. The van der Waals surface area contributed by atoms with Crippen LogP contribution in [0.3, 0.4) is 0 Å². The minimum absolute atomic E-state index is 0.213. The van der Waals surface area contributed by atoms with Crippen molar-refractivity contribution in [2.75, 3.05) is 0 Å². The SMILES string of the molecule is C/C=C\c1c(CC)ccnc1C.CC.CC.CC#CC.CCc1c(F)cccc1Cl.CCc1cnc2ccccc2c1. The third kappa shape index (κ3) is 15.5. The van der Waals surface area contributed by atoms with Crippen molar-refractivity contribution in [3.8, 4) is 11.8 Å². The molecule has 0 saturated carbocycles. The van der Waals surface area contributed by atoms with Gasteiger partial charge in [0.15, 0.2) is 0 Å². The van der Waals surface area contributed by atoms with Gasteiger partial charge in [-0.1, -0.05) is 96.5 Å². The summed E-state index contributed by atoms with van der Waals surface area (Å²) in [6, 6.07) is 17.2. The zero-order chi connectivity index (χ0) is 32.3. The maximum atomic E-state index is 12.8. The molecule has 228 valence electrons. The predicted molar refractivity (Wildman–Crippen MR) is 187 cm³/mol. The van der Waals surface area contributed by atoms with E-state index in [4.69, 9.17) is 11.6 Å². The van der Waals surface area contributed by atoms with Crippen LogP contribution in [0, 0.1) is 24.6 Å². The molecular weight excluding hydrogens is 539 g/mol. The summed E-state index contributed by atoms with van der Waals surface area (Å²) >= 11 is 5.69. The molecule has 0 aliphatic rings. The van der Waals surface area contributed by atoms with Crippen LogP contribution in [0.15, 0.2) is 73.1 Å². The topological polar surface area (TPSA) is 25.8 Å². The molecule has 0 spiro atoms. The summed E-state index contributed by atoms with van der Waals surface area (Å²) in [7, 11) is 0. The minimum atomic E-state index is -0.213. The molecular formula is C38H52ClFN2. The van der Waals surface area contributed by atoms with Crippen molar-refractivity contribution in [2.45, 2.75) is 95.4 Å². The molecule has 0 bridgehead atoms. The molecule has 0 atom stereocenters. The van der Waals surface area contributed by atoms with E-state index in [2.05, 4.69) is 72.9 Å². The van der Waals surface area contributed by atoms with Gasteiger partial charge in [0.05, 0.1) is 5.52 Å². The molecule has 0 saturated heterocycles. The van der Waals surface area contributed by atoms with Crippen molar-refractivity contribution in [2.24, 2.45) is 0 Å². The third-order valence-corrected chi connectivity index (χ3v) is 6.07. The summed E-state index contributed by atoms with van der Waals surface area (Å²) in [5.74, 6) is 5.15. The molecule has 4 rings (SSSR count). The highest BCUT2D eigenvalue weighted by atomic mass is 35.5. The fourth-order valence-corrected chi connectivity index (χ4v) is 3.81. The first-order valence-electron chi connectivity index (χ1n) is 15.0. The molecule has 2 aromatic heterocycles. The molecule has 0 aliphatic carbocycles. The number of fused-ring (bicyclic) bond motifs is 1. The zero-order valence-electron chi connectivity index (χ0n) is 27.8. The Balaban J connectivity index is 0. The summed E-state index contributed by atoms with van der Waals surface area (Å²) in [6.45, 7) is 21.9. The van der Waals surface area contributed by atoms with Crippen LogP contribution < -0.4 is 0 Å². The fraction of sp³-hybridized carbons (Fsp3) is 0.368. The van der Waals surface area contributed by atoms with E-state index < -0.39 is 0 Å². The van der Waals surface area contributed by atoms with E-state index >= 15 is 0 Å². The largest absolute Gasteiger partial charge is 0.261 e. The number of para-hydroxylation sites is 1. The number of benzene rings is 2. The molecule has 0 amide bonds. The number of allylic oxidation sites excluding steroid dienone is 1. The van der Waals surface area contributed by atoms with E-state index in [1.807, 2.05) is 86.0 Å². The Morgan fingerprint density at radius 3 is 1.98 bits per heavy atom. The third-order valence-electron chi connectivity index (χ3n) is 5.71. The normalized spacial score (nSPS) is 9.07. The molecule has 4 heteroatoms. The van der Waals surface area contributed by atoms with Crippen LogP contribution in [0.1, 0.15) is 97.2 Å². The number of aryl methyl sites for hydroxylation is 3. The molecule has 4 aromatic rings. The number of hydrogen-bond donors (Lipinski definition) is 0. The Morgan fingerprint density at radius 2 is 1.48 bits per heavy atom. The van der Waals surface area contributed by atoms with Crippen molar-refractivity contribution in [3.63, 3.8) is 0 Å². The lowest BCUT2D eigenvalue weighted by atomic mass is 10.0. The van der Waals surface area contributed by atoms with Crippen LogP contribution in [0.2, 0.25) is 5.02 Å². The standard InChI is InChI=1S/C11H11N.C11H15N.C8H8ClF.C4H6.2C2H6/c1-2-9-7-10-5-3-4-6-11(10)12-8-9;1-4-6-11-9(3)12-8-7-10(11)5-2;1-2-6-7(9)4-3-5-8(6)10;1-3-4-2;2*1-2/h3-8H,2H2,1H3;4,6-8H,5H2,1-3H3;3-5H,2H2,1H3;1-2H3;2*1-2H3/b;6-4-;;;;. The van der Waals surface area contributed by atoms with Gasteiger partial charge in [0.1, 0.15) is 5.82 Å². The van der Waals surface area contributed by atoms with Crippen molar-refractivity contribution in [3.05, 3.63) is 112 Å². The maximum Gasteiger partial charge on any atom is 0.127 e. The highest BCUT2D eigenvalue weighted by Crippen LogP contribution is 2.18. The maximum absolute atomic E-state index is 12.8. The minimum Gasteiger partial charge on any atom is -0.261 e. The van der Waals surface area contributed by atoms with Gasteiger partial charge in [-0.05, 0) is 94.0 Å².